The van der Waals surface area contributed by atoms with Crippen molar-refractivity contribution in [3.8, 4) is 0 Å². The van der Waals surface area contributed by atoms with Crippen molar-refractivity contribution in [2.45, 2.75) is 5.03 Å². The molecule has 4 nitrogen and oxygen atoms in total. The molecule has 3 aromatic rings. The number of thiocarbonyl (C=S) groups is 1. The Morgan fingerprint density at radius 3 is 2.78 bits per heavy atom. The second-order valence-electron chi connectivity index (χ2n) is 4.83. The van der Waals surface area contributed by atoms with Gasteiger partial charge in [0.2, 0.25) is 0 Å². The minimum Gasteiger partial charge on any atom is -0.376 e. The first-order valence-electron chi connectivity index (χ1n) is 7.02. The fourth-order valence-corrected chi connectivity index (χ4v) is 3.54. The van der Waals surface area contributed by atoms with Gasteiger partial charge >= 0.3 is 0 Å². The molecular formula is C16H15ClN4S2. The van der Waals surface area contributed by atoms with Crippen molar-refractivity contribution in [2.75, 3.05) is 17.2 Å². The normalized spacial score (nSPS) is 10.8. The highest BCUT2D eigenvalue weighted by atomic mass is 35.5. The Balaban J connectivity index is 1.69. The first-order valence-corrected chi connectivity index (χ1v) is 8.80. The van der Waals surface area contributed by atoms with Crippen LogP contribution in [0.15, 0.2) is 59.9 Å². The molecule has 0 aliphatic heterocycles. The first-order chi connectivity index (χ1) is 11.1. The molecule has 3 rings (SSSR count). The van der Waals surface area contributed by atoms with Crippen LogP contribution < -0.4 is 10.6 Å². The first kappa shape index (κ1) is 16.1. The molecule has 0 fully saturated rings. The van der Waals surface area contributed by atoms with E-state index >= 15 is 0 Å². The molecule has 0 atom stereocenters. The van der Waals surface area contributed by atoms with Gasteiger partial charge in [0.25, 0.3) is 0 Å². The van der Waals surface area contributed by atoms with Crippen molar-refractivity contribution in [2.24, 2.45) is 5.73 Å². The summed E-state index contributed by atoms with van der Waals surface area (Å²) in [6, 6.07) is 13.6. The largest absolute Gasteiger partial charge is 0.376 e. The average Bonchev–Trinajstić information content (AvgIpc) is 3.02. The van der Waals surface area contributed by atoms with Crippen LogP contribution >= 0.6 is 35.6 Å². The molecule has 1 aromatic carbocycles. The highest BCUT2D eigenvalue weighted by Gasteiger charge is 2.10. The van der Waals surface area contributed by atoms with Gasteiger partial charge in [-0.05, 0) is 48.6 Å². The quantitative estimate of drug-likeness (QED) is 0.552. The van der Waals surface area contributed by atoms with Gasteiger partial charge in [0.15, 0.2) is 5.11 Å². The predicted octanol–water partition coefficient (Wildman–Crippen LogP) is 3.83. The third kappa shape index (κ3) is 3.77. The minimum absolute atomic E-state index is 0.355. The Bertz CT molecular complexity index is 816. The van der Waals surface area contributed by atoms with Gasteiger partial charge in [0, 0.05) is 35.4 Å². The van der Waals surface area contributed by atoms with Crippen LogP contribution in [0, 0.1) is 0 Å². The van der Waals surface area contributed by atoms with Crippen molar-refractivity contribution in [3.05, 3.63) is 59.9 Å². The highest BCUT2D eigenvalue weighted by Crippen LogP contribution is 2.22. The zero-order valence-electron chi connectivity index (χ0n) is 12.2. The van der Waals surface area contributed by atoms with Crippen LogP contribution in [0.4, 0.5) is 5.69 Å². The molecule has 0 radical (unpaired) electrons. The van der Waals surface area contributed by atoms with E-state index in [-0.39, 0.29) is 0 Å². The third-order valence-electron chi connectivity index (χ3n) is 3.36. The van der Waals surface area contributed by atoms with E-state index < -0.39 is 0 Å². The number of pyridine rings is 1. The van der Waals surface area contributed by atoms with E-state index in [9.17, 15) is 0 Å². The average molecular weight is 363 g/mol. The van der Waals surface area contributed by atoms with Gasteiger partial charge in [-0.25, -0.2) is 4.98 Å². The number of nitrogens with two attached hydrogens (primary N) is 1. The maximum absolute atomic E-state index is 5.93. The molecule has 0 aliphatic carbocycles. The number of hydrogen-bond acceptors (Lipinski definition) is 3. The molecule has 0 unspecified atom stereocenters. The molecule has 0 amide bonds. The molecule has 0 saturated heterocycles. The maximum Gasteiger partial charge on any atom is 0.170 e. The number of anilines is 1. The van der Waals surface area contributed by atoms with Gasteiger partial charge in [0.05, 0.1) is 5.03 Å². The van der Waals surface area contributed by atoms with E-state index in [1.54, 1.807) is 18.0 Å². The maximum atomic E-state index is 5.93. The van der Waals surface area contributed by atoms with Crippen LogP contribution in [0.25, 0.3) is 5.65 Å². The van der Waals surface area contributed by atoms with Gasteiger partial charge in [-0.15, -0.1) is 11.8 Å². The summed E-state index contributed by atoms with van der Waals surface area (Å²) in [6.45, 7) is 0.715. The van der Waals surface area contributed by atoms with Crippen molar-refractivity contribution in [1.82, 2.24) is 9.38 Å². The molecular weight excluding hydrogens is 348 g/mol. The smallest absolute Gasteiger partial charge is 0.170 e. The van der Waals surface area contributed by atoms with E-state index in [0.29, 0.717) is 16.7 Å². The number of nitrogens with zero attached hydrogens (tertiary/aromatic N) is 3. The number of thioether (sulfide) groups is 1. The van der Waals surface area contributed by atoms with Crippen molar-refractivity contribution in [3.63, 3.8) is 0 Å². The second-order valence-corrected chi connectivity index (χ2v) is 6.80. The number of benzene rings is 1. The Hall–Kier alpha value is -1.76. The van der Waals surface area contributed by atoms with E-state index in [1.165, 1.54) is 0 Å². The van der Waals surface area contributed by atoms with E-state index in [2.05, 4.69) is 15.5 Å². The fourth-order valence-electron chi connectivity index (χ4n) is 2.27. The Morgan fingerprint density at radius 2 is 2.04 bits per heavy atom. The molecule has 0 bridgehead atoms. The van der Waals surface area contributed by atoms with Crippen LogP contribution in [-0.2, 0) is 0 Å². The van der Waals surface area contributed by atoms with E-state index in [0.717, 1.165) is 22.1 Å². The van der Waals surface area contributed by atoms with E-state index in [4.69, 9.17) is 29.6 Å². The number of hydrogen-bond donors (Lipinski definition) is 1. The topological polar surface area (TPSA) is 46.6 Å². The van der Waals surface area contributed by atoms with Crippen molar-refractivity contribution in [1.29, 1.82) is 0 Å². The standard InChI is InChI=1S/C16H15ClN4S2/c17-12-4-6-13(7-5-12)20(16(18)22)10-11-23-15-3-1-2-14-19-8-9-21(14)15/h1-9H,10-11H2,(H2,18,22). The molecule has 2 aromatic heterocycles. The minimum atomic E-state index is 0.355. The van der Waals surface area contributed by atoms with Gasteiger partial charge in [-0.1, -0.05) is 17.7 Å². The number of fused-ring (bicyclic) bond motifs is 1. The Kier molecular flexibility index (Phi) is 5.05. The van der Waals surface area contributed by atoms with Gasteiger partial charge in [-0.3, -0.25) is 4.40 Å². The summed E-state index contributed by atoms with van der Waals surface area (Å²) in [5.41, 5.74) is 7.75. The zero-order chi connectivity index (χ0) is 16.2. The van der Waals surface area contributed by atoms with Crippen LogP contribution in [0.2, 0.25) is 5.02 Å². The molecule has 0 spiro atoms. The van der Waals surface area contributed by atoms with Crippen molar-refractivity contribution >= 4 is 52.0 Å². The van der Waals surface area contributed by atoms with Gasteiger partial charge in [0.1, 0.15) is 5.65 Å². The Morgan fingerprint density at radius 1 is 1.26 bits per heavy atom. The molecule has 7 heteroatoms. The lowest BCUT2D eigenvalue weighted by Crippen LogP contribution is -2.37. The Labute approximate surface area is 149 Å². The van der Waals surface area contributed by atoms with Crippen LogP contribution in [0.3, 0.4) is 0 Å². The number of imidazole rings is 1. The van der Waals surface area contributed by atoms with Crippen LogP contribution in [0.1, 0.15) is 0 Å². The summed E-state index contributed by atoms with van der Waals surface area (Å²) >= 11 is 12.8. The lowest BCUT2D eigenvalue weighted by molar-refractivity contribution is 1.01. The molecule has 118 valence electrons. The molecule has 2 N–H and O–H groups in total. The second kappa shape index (κ2) is 7.21. The number of halogens is 1. The summed E-state index contributed by atoms with van der Waals surface area (Å²) in [7, 11) is 0. The van der Waals surface area contributed by atoms with Crippen molar-refractivity contribution < 1.29 is 0 Å². The third-order valence-corrected chi connectivity index (χ3v) is 4.85. The summed E-state index contributed by atoms with van der Waals surface area (Å²) in [4.78, 5) is 6.20. The van der Waals surface area contributed by atoms with Crippen LogP contribution in [-0.4, -0.2) is 26.8 Å². The summed E-state index contributed by atoms with van der Waals surface area (Å²) in [5.74, 6) is 0.845. The number of aromatic nitrogens is 2. The van der Waals surface area contributed by atoms with Gasteiger partial charge in [-0.2, -0.15) is 0 Å². The SMILES string of the molecule is NC(=S)N(CCSc1cccc2nccn12)c1ccc(Cl)cc1. The summed E-state index contributed by atoms with van der Waals surface area (Å²) in [5, 5.41) is 2.19. The fraction of sp³-hybridized carbons (Fsp3) is 0.125. The molecule has 0 saturated carbocycles. The number of rotatable bonds is 5. The molecule has 23 heavy (non-hydrogen) atoms. The molecule has 0 aliphatic rings. The summed E-state index contributed by atoms with van der Waals surface area (Å²) < 4.78 is 2.07. The predicted molar refractivity (Wildman–Crippen MR) is 101 cm³/mol. The summed E-state index contributed by atoms with van der Waals surface area (Å²) in [6.07, 6.45) is 3.76. The monoisotopic (exact) mass is 362 g/mol. The van der Waals surface area contributed by atoms with Crippen LogP contribution in [0.5, 0.6) is 0 Å². The zero-order valence-corrected chi connectivity index (χ0v) is 14.6. The molecule has 2 heterocycles. The lowest BCUT2D eigenvalue weighted by atomic mass is 10.3. The highest BCUT2D eigenvalue weighted by molar-refractivity contribution is 7.99. The van der Waals surface area contributed by atoms with Gasteiger partial charge < -0.3 is 10.6 Å². The lowest BCUT2D eigenvalue weighted by Gasteiger charge is -2.22. The van der Waals surface area contributed by atoms with E-state index in [1.807, 2.05) is 47.5 Å².